The van der Waals surface area contributed by atoms with Gasteiger partial charge in [-0.2, -0.15) is 0 Å². The first-order valence-electron chi connectivity index (χ1n) is 9.74. The topological polar surface area (TPSA) is 76.7 Å². The summed E-state index contributed by atoms with van der Waals surface area (Å²) in [5, 5.41) is 5.22. The highest BCUT2D eigenvalue weighted by atomic mass is 16.6. The first-order chi connectivity index (χ1) is 14.7. The largest absolute Gasteiger partial charge is 0.468 e. The molecular weight excluding hydrogens is 380 g/mol. The molecule has 1 saturated heterocycles. The first-order valence-corrected chi connectivity index (χ1v) is 9.74. The van der Waals surface area contributed by atoms with E-state index in [-0.39, 0.29) is 12.5 Å². The van der Waals surface area contributed by atoms with Crippen LogP contribution in [-0.4, -0.2) is 24.3 Å². The first kappa shape index (κ1) is 19.5. The fraction of sp³-hybridized carbons (Fsp3) is 0.167. The molecule has 0 spiro atoms. The highest BCUT2D eigenvalue weighted by molar-refractivity contribution is 5.91. The maximum atomic E-state index is 12.1. The van der Waals surface area contributed by atoms with E-state index in [1.807, 2.05) is 72.8 Å². The van der Waals surface area contributed by atoms with Crippen molar-refractivity contribution in [1.82, 2.24) is 10.6 Å². The number of amides is 2. The Morgan fingerprint density at radius 3 is 2.23 bits per heavy atom. The van der Waals surface area contributed by atoms with Crippen LogP contribution >= 0.6 is 0 Å². The van der Waals surface area contributed by atoms with Gasteiger partial charge in [0.25, 0.3) is 5.91 Å². The lowest BCUT2D eigenvalue weighted by molar-refractivity contribution is -0.139. The van der Waals surface area contributed by atoms with Gasteiger partial charge in [0.2, 0.25) is 6.23 Å². The standard InChI is InChI=1S/C24H22N2O4/c27-22-21(25-24(28)29-16-18-10-5-2-6-11-18)23(26-22)30-20-13-7-12-19(15-20)14-17-8-3-1-4-9-17/h1-13,15,21,23H,14,16H2,(H,25,28)(H,26,27)/t21-,23+/m1/s1. The number of nitrogens with one attached hydrogen (secondary N) is 2. The van der Waals surface area contributed by atoms with Crippen molar-refractivity contribution in [2.45, 2.75) is 25.3 Å². The minimum atomic E-state index is -0.800. The number of carbonyl (C=O) groups is 2. The van der Waals surface area contributed by atoms with Crippen molar-refractivity contribution in [3.8, 4) is 5.75 Å². The van der Waals surface area contributed by atoms with E-state index in [2.05, 4.69) is 22.8 Å². The van der Waals surface area contributed by atoms with Gasteiger partial charge >= 0.3 is 6.09 Å². The molecule has 0 saturated carbocycles. The molecule has 0 unspecified atom stereocenters. The fourth-order valence-corrected chi connectivity index (χ4v) is 3.19. The second-order valence-corrected chi connectivity index (χ2v) is 7.04. The van der Waals surface area contributed by atoms with E-state index in [1.165, 1.54) is 5.56 Å². The summed E-state index contributed by atoms with van der Waals surface area (Å²) in [7, 11) is 0. The third kappa shape index (κ3) is 4.97. The van der Waals surface area contributed by atoms with E-state index in [0.29, 0.717) is 5.75 Å². The minimum Gasteiger partial charge on any atom is -0.468 e. The zero-order valence-corrected chi connectivity index (χ0v) is 16.3. The van der Waals surface area contributed by atoms with Crippen LogP contribution in [0.25, 0.3) is 0 Å². The highest BCUT2D eigenvalue weighted by Crippen LogP contribution is 2.20. The van der Waals surface area contributed by atoms with Gasteiger partial charge in [0, 0.05) is 0 Å². The Bertz CT molecular complexity index is 1010. The van der Waals surface area contributed by atoms with E-state index >= 15 is 0 Å². The van der Waals surface area contributed by atoms with Crippen molar-refractivity contribution >= 4 is 12.0 Å². The van der Waals surface area contributed by atoms with Gasteiger partial charge in [-0.1, -0.05) is 72.8 Å². The van der Waals surface area contributed by atoms with Crippen LogP contribution in [0.2, 0.25) is 0 Å². The molecule has 1 heterocycles. The number of benzene rings is 3. The molecular formula is C24H22N2O4. The molecule has 2 N–H and O–H groups in total. The fourth-order valence-electron chi connectivity index (χ4n) is 3.19. The predicted octanol–water partition coefficient (Wildman–Crippen LogP) is 3.41. The van der Waals surface area contributed by atoms with Gasteiger partial charge < -0.3 is 20.1 Å². The molecule has 6 heteroatoms. The molecule has 3 aromatic carbocycles. The summed E-state index contributed by atoms with van der Waals surface area (Å²) < 4.78 is 11.1. The Kier molecular flexibility index (Phi) is 5.94. The van der Waals surface area contributed by atoms with Crippen LogP contribution in [0.5, 0.6) is 5.75 Å². The van der Waals surface area contributed by atoms with Crippen LogP contribution in [0.3, 0.4) is 0 Å². The molecule has 0 aliphatic carbocycles. The van der Waals surface area contributed by atoms with E-state index < -0.39 is 18.4 Å². The summed E-state index contributed by atoms with van der Waals surface area (Å²) in [6.07, 6.45) is -0.526. The number of β-lactam (4-membered cyclic amide) rings is 1. The van der Waals surface area contributed by atoms with E-state index in [1.54, 1.807) is 0 Å². The quantitative estimate of drug-likeness (QED) is 0.594. The van der Waals surface area contributed by atoms with Crippen molar-refractivity contribution in [2.75, 3.05) is 0 Å². The lowest BCUT2D eigenvalue weighted by atomic mass is 10.0. The molecule has 1 fully saturated rings. The van der Waals surface area contributed by atoms with Gasteiger partial charge in [0.1, 0.15) is 12.4 Å². The van der Waals surface area contributed by atoms with Gasteiger partial charge in [-0.15, -0.1) is 0 Å². The number of carbonyl (C=O) groups excluding carboxylic acids is 2. The lowest BCUT2D eigenvalue weighted by Gasteiger charge is -2.36. The Labute approximate surface area is 174 Å². The molecule has 2 atom stereocenters. The van der Waals surface area contributed by atoms with Gasteiger partial charge in [0.15, 0.2) is 6.04 Å². The molecule has 30 heavy (non-hydrogen) atoms. The second kappa shape index (κ2) is 9.13. The summed E-state index contributed by atoms with van der Waals surface area (Å²) in [6.45, 7) is 0.133. The number of hydrogen-bond donors (Lipinski definition) is 2. The average Bonchev–Trinajstić information content (AvgIpc) is 2.77. The molecule has 1 aliphatic heterocycles. The number of hydrogen-bond acceptors (Lipinski definition) is 4. The normalized spacial score (nSPS) is 17.4. The molecule has 0 radical (unpaired) electrons. The van der Waals surface area contributed by atoms with Crippen molar-refractivity contribution in [3.63, 3.8) is 0 Å². The van der Waals surface area contributed by atoms with Crippen LogP contribution in [0.1, 0.15) is 16.7 Å². The Hall–Kier alpha value is -3.80. The average molecular weight is 402 g/mol. The maximum absolute atomic E-state index is 12.1. The summed E-state index contributed by atoms with van der Waals surface area (Å²) in [6, 6.07) is 26.4. The summed E-state index contributed by atoms with van der Waals surface area (Å²) in [5.41, 5.74) is 3.16. The number of alkyl carbamates (subject to hydrolysis) is 1. The van der Waals surface area contributed by atoms with Crippen molar-refractivity contribution in [1.29, 1.82) is 0 Å². The van der Waals surface area contributed by atoms with Crippen LogP contribution in [0, 0.1) is 0 Å². The Morgan fingerprint density at radius 2 is 1.53 bits per heavy atom. The van der Waals surface area contributed by atoms with E-state index in [9.17, 15) is 9.59 Å². The van der Waals surface area contributed by atoms with E-state index in [0.717, 1.165) is 17.5 Å². The van der Waals surface area contributed by atoms with Crippen LogP contribution in [0.15, 0.2) is 84.9 Å². The summed E-state index contributed by atoms with van der Waals surface area (Å²) in [5.74, 6) is 0.315. The third-order valence-corrected chi connectivity index (χ3v) is 4.77. The zero-order valence-electron chi connectivity index (χ0n) is 16.3. The van der Waals surface area contributed by atoms with Gasteiger partial charge in [0.05, 0.1) is 0 Å². The Balaban J connectivity index is 1.31. The monoisotopic (exact) mass is 402 g/mol. The molecule has 4 rings (SSSR count). The van der Waals surface area contributed by atoms with Crippen molar-refractivity contribution in [3.05, 3.63) is 102 Å². The maximum Gasteiger partial charge on any atom is 0.408 e. The van der Waals surface area contributed by atoms with Crippen LogP contribution in [0.4, 0.5) is 4.79 Å². The Morgan fingerprint density at radius 1 is 0.867 bits per heavy atom. The molecule has 6 nitrogen and oxygen atoms in total. The molecule has 1 aliphatic rings. The molecule has 3 aromatic rings. The second-order valence-electron chi connectivity index (χ2n) is 7.04. The highest BCUT2D eigenvalue weighted by Gasteiger charge is 2.42. The zero-order chi connectivity index (χ0) is 20.8. The summed E-state index contributed by atoms with van der Waals surface area (Å²) in [4.78, 5) is 23.9. The van der Waals surface area contributed by atoms with Gasteiger partial charge in [-0.3, -0.25) is 4.79 Å². The van der Waals surface area contributed by atoms with Crippen molar-refractivity contribution in [2.24, 2.45) is 0 Å². The van der Waals surface area contributed by atoms with Crippen LogP contribution in [-0.2, 0) is 22.6 Å². The van der Waals surface area contributed by atoms with Crippen molar-refractivity contribution < 1.29 is 19.1 Å². The van der Waals surface area contributed by atoms with Crippen LogP contribution < -0.4 is 15.4 Å². The lowest BCUT2D eigenvalue weighted by Crippen LogP contribution is -2.71. The smallest absolute Gasteiger partial charge is 0.408 e. The van der Waals surface area contributed by atoms with Gasteiger partial charge in [-0.25, -0.2) is 4.79 Å². The van der Waals surface area contributed by atoms with Gasteiger partial charge in [-0.05, 0) is 35.2 Å². The number of rotatable bonds is 7. The third-order valence-electron chi connectivity index (χ3n) is 4.77. The molecule has 0 bridgehead atoms. The SMILES string of the molecule is O=C(N[C@@H]1C(=O)N[C@H]1Oc1cccc(Cc2ccccc2)c1)OCc1ccccc1. The number of ether oxygens (including phenoxy) is 2. The van der Waals surface area contributed by atoms with E-state index in [4.69, 9.17) is 9.47 Å². The summed E-state index contributed by atoms with van der Waals surface area (Å²) >= 11 is 0. The minimum absolute atomic E-state index is 0.133. The molecule has 0 aromatic heterocycles. The molecule has 2 amide bonds. The predicted molar refractivity (Wildman–Crippen MR) is 112 cm³/mol. The molecule has 152 valence electrons.